The Balaban J connectivity index is 2.66. The lowest BCUT2D eigenvalue weighted by atomic mass is 10.2. The van der Waals surface area contributed by atoms with Gasteiger partial charge in [0.05, 0.1) is 18.2 Å². The minimum Gasteiger partial charge on any atom is -0.349 e. The fourth-order valence-corrected chi connectivity index (χ4v) is 1.84. The number of nitrogens with one attached hydrogen (secondary N) is 1. The summed E-state index contributed by atoms with van der Waals surface area (Å²) in [4.78, 5) is 11.9. The van der Waals surface area contributed by atoms with Crippen LogP contribution in [0.25, 0.3) is 0 Å². The van der Waals surface area contributed by atoms with Crippen molar-refractivity contribution in [1.29, 1.82) is 0 Å². The third-order valence-electron chi connectivity index (χ3n) is 2.84. The molecule has 0 aliphatic carbocycles. The zero-order valence-corrected chi connectivity index (χ0v) is 11.5. The molecule has 0 aliphatic heterocycles. The molecule has 0 radical (unpaired) electrons. The maximum Gasteiger partial charge on any atom is 0.391 e. The Morgan fingerprint density at radius 3 is 2.75 bits per heavy atom. The first-order valence-electron chi connectivity index (χ1n) is 6.34. The number of hydrogen-bond donors (Lipinski definition) is 2. The second-order valence-electron chi connectivity index (χ2n) is 4.70. The van der Waals surface area contributed by atoms with E-state index in [1.165, 1.54) is 13.1 Å². The molecule has 1 unspecified atom stereocenters. The van der Waals surface area contributed by atoms with Gasteiger partial charge in [0.2, 0.25) is 0 Å². The van der Waals surface area contributed by atoms with E-state index in [1.807, 2.05) is 0 Å². The zero-order valence-electron chi connectivity index (χ0n) is 11.5. The second-order valence-corrected chi connectivity index (χ2v) is 4.70. The summed E-state index contributed by atoms with van der Waals surface area (Å²) < 4.78 is 38.2. The number of alkyl halides is 3. The topological polar surface area (TPSA) is 72.9 Å². The molecule has 3 N–H and O–H groups in total. The van der Waals surface area contributed by atoms with Gasteiger partial charge >= 0.3 is 6.18 Å². The predicted octanol–water partition coefficient (Wildman–Crippen LogP) is 1.61. The summed E-state index contributed by atoms with van der Waals surface area (Å²) in [6.45, 7) is 4.10. The lowest BCUT2D eigenvalue weighted by molar-refractivity contribution is -0.138. The van der Waals surface area contributed by atoms with Gasteiger partial charge in [-0.25, -0.2) is 0 Å². The van der Waals surface area contributed by atoms with Crippen LogP contribution in [0.15, 0.2) is 6.20 Å². The van der Waals surface area contributed by atoms with Crippen LogP contribution in [-0.2, 0) is 6.54 Å². The maximum absolute atomic E-state index is 12.2. The van der Waals surface area contributed by atoms with Crippen LogP contribution in [0, 0.1) is 6.92 Å². The third-order valence-corrected chi connectivity index (χ3v) is 2.84. The van der Waals surface area contributed by atoms with Gasteiger partial charge in [0.15, 0.2) is 0 Å². The Kier molecular flexibility index (Phi) is 5.55. The van der Waals surface area contributed by atoms with E-state index >= 15 is 0 Å². The van der Waals surface area contributed by atoms with Gasteiger partial charge in [-0.3, -0.25) is 9.48 Å². The molecule has 1 atom stereocenters. The monoisotopic (exact) mass is 292 g/mol. The van der Waals surface area contributed by atoms with E-state index in [0.717, 1.165) is 0 Å². The number of halogens is 3. The van der Waals surface area contributed by atoms with Gasteiger partial charge in [0.25, 0.3) is 5.91 Å². The average Bonchev–Trinajstić information content (AvgIpc) is 2.65. The maximum atomic E-state index is 12.2. The number of nitrogens with two attached hydrogens (primary N) is 1. The van der Waals surface area contributed by atoms with E-state index in [9.17, 15) is 18.0 Å². The molecule has 114 valence electrons. The lowest BCUT2D eigenvalue weighted by Gasteiger charge is -2.15. The van der Waals surface area contributed by atoms with Crippen molar-refractivity contribution in [3.8, 4) is 0 Å². The number of aromatic nitrogens is 2. The minimum absolute atomic E-state index is 0.288. The van der Waals surface area contributed by atoms with Crippen molar-refractivity contribution < 1.29 is 18.0 Å². The number of hydrogen-bond acceptors (Lipinski definition) is 3. The molecular weight excluding hydrogens is 273 g/mol. The van der Waals surface area contributed by atoms with Crippen LogP contribution in [0.2, 0.25) is 0 Å². The van der Waals surface area contributed by atoms with Crippen molar-refractivity contribution >= 4 is 5.91 Å². The first kappa shape index (κ1) is 16.5. The largest absolute Gasteiger partial charge is 0.391 e. The predicted molar refractivity (Wildman–Crippen MR) is 68.2 cm³/mol. The van der Waals surface area contributed by atoms with Crippen molar-refractivity contribution in [2.45, 2.75) is 45.5 Å². The van der Waals surface area contributed by atoms with Crippen molar-refractivity contribution in [3.63, 3.8) is 0 Å². The molecule has 1 aromatic rings. The molecular formula is C12H19F3N4O. The number of aryl methyl sites for hydroxylation is 1. The highest BCUT2D eigenvalue weighted by molar-refractivity contribution is 5.95. The first-order chi connectivity index (χ1) is 9.24. The van der Waals surface area contributed by atoms with E-state index < -0.39 is 24.5 Å². The molecule has 1 rings (SSSR count). The third kappa shape index (κ3) is 4.84. The molecule has 5 nitrogen and oxygen atoms in total. The smallest absolute Gasteiger partial charge is 0.349 e. The average molecular weight is 292 g/mol. The van der Waals surface area contributed by atoms with E-state index in [-0.39, 0.29) is 5.56 Å². The summed E-state index contributed by atoms with van der Waals surface area (Å²) in [7, 11) is 0. The van der Waals surface area contributed by atoms with Gasteiger partial charge in [-0.15, -0.1) is 0 Å². The highest BCUT2D eigenvalue weighted by Gasteiger charge is 2.31. The molecule has 8 heteroatoms. The number of nitrogens with zero attached hydrogens (tertiary/aromatic N) is 2. The highest BCUT2D eigenvalue weighted by Crippen LogP contribution is 2.21. The SMILES string of the molecule is Cc1c(C(=O)NC(C)CC(F)(F)F)cnn1CCCN. The summed E-state index contributed by atoms with van der Waals surface area (Å²) in [6, 6.07) is -0.978. The van der Waals surface area contributed by atoms with Crippen LogP contribution in [-0.4, -0.2) is 34.5 Å². The molecule has 0 bridgehead atoms. The second kappa shape index (κ2) is 6.74. The van der Waals surface area contributed by atoms with Crippen LogP contribution in [0.3, 0.4) is 0 Å². The standard InChI is InChI=1S/C12H19F3N4O/c1-8(6-12(13,14)15)18-11(20)10-7-17-19(9(10)2)5-3-4-16/h7-8H,3-6,16H2,1-2H3,(H,18,20). The van der Waals surface area contributed by atoms with Crippen LogP contribution in [0.4, 0.5) is 13.2 Å². The lowest BCUT2D eigenvalue weighted by Crippen LogP contribution is -2.36. The van der Waals surface area contributed by atoms with Crippen molar-refractivity contribution in [1.82, 2.24) is 15.1 Å². The van der Waals surface area contributed by atoms with Crippen LogP contribution >= 0.6 is 0 Å². The van der Waals surface area contributed by atoms with Gasteiger partial charge in [-0.1, -0.05) is 0 Å². The van der Waals surface area contributed by atoms with E-state index in [2.05, 4.69) is 10.4 Å². The first-order valence-corrected chi connectivity index (χ1v) is 6.34. The summed E-state index contributed by atoms with van der Waals surface area (Å²) in [5, 5.41) is 6.36. The Labute approximate surface area is 115 Å². The summed E-state index contributed by atoms with van der Waals surface area (Å²) in [5.41, 5.74) is 6.30. The van der Waals surface area contributed by atoms with Gasteiger partial charge < -0.3 is 11.1 Å². The fraction of sp³-hybridized carbons (Fsp3) is 0.667. The molecule has 0 aromatic carbocycles. The number of carbonyl (C=O) groups is 1. The Morgan fingerprint density at radius 2 is 2.20 bits per heavy atom. The molecule has 0 aliphatic rings. The summed E-state index contributed by atoms with van der Waals surface area (Å²) >= 11 is 0. The molecule has 0 spiro atoms. The van der Waals surface area contributed by atoms with Gasteiger partial charge in [0, 0.05) is 18.3 Å². The normalized spacial score (nSPS) is 13.3. The molecule has 0 saturated heterocycles. The van der Waals surface area contributed by atoms with Crippen molar-refractivity contribution in [3.05, 3.63) is 17.5 Å². The Bertz CT molecular complexity index is 456. The van der Waals surface area contributed by atoms with Gasteiger partial charge in [0.1, 0.15) is 0 Å². The molecule has 1 amide bonds. The molecule has 0 saturated carbocycles. The minimum atomic E-state index is -4.30. The quantitative estimate of drug-likeness (QED) is 0.836. The van der Waals surface area contributed by atoms with E-state index in [1.54, 1.807) is 11.6 Å². The highest BCUT2D eigenvalue weighted by atomic mass is 19.4. The number of rotatable bonds is 6. The van der Waals surface area contributed by atoms with Crippen LogP contribution in [0.1, 0.15) is 35.8 Å². The van der Waals surface area contributed by atoms with E-state index in [0.29, 0.717) is 25.2 Å². The Hall–Kier alpha value is -1.57. The molecule has 20 heavy (non-hydrogen) atoms. The zero-order chi connectivity index (χ0) is 15.3. The molecule has 1 heterocycles. The molecule has 0 fully saturated rings. The number of amides is 1. The number of carbonyl (C=O) groups excluding carboxylic acids is 1. The molecule has 1 aromatic heterocycles. The van der Waals surface area contributed by atoms with Crippen molar-refractivity contribution in [2.75, 3.05) is 6.54 Å². The van der Waals surface area contributed by atoms with Crippen LogP contribution in [0.5, 0.6) is 0 Å². The fourth-order valence-electron chi connectivity index (χ4n) is 1.84. The van der Waals surface area contributed by atoms with Gasteiger partial charge in [-0.2, -0.15) is 18.3 Å². The summed E-state index contributed by atoms with van der Waals surface area (Å²) in [6.07, 6.45) is -3.28. The summed E-state index contributed by atoms with van der Waals surface area (Å²) in [5.74, 6) is -0.543. The van der Waals surface area contributed by atoms with E-state index in [4.69, 9.17) is 5.73 Å². The van der Waals surface area contributed by atoms with Gasteiger partial charge in [-0.05, 0) is 26.8 Å². The van der Waals surface area contributed by atoms with Crippen LogP contribution < -0.4 is 11.1 Å². The van der Waals surface area contributed by atoms with Crippen molar-refractivity contribution in [2.24, 2.45) is 5.73 Å². The Morgan fingerprint density at radius 1 is 1.55 bits per heavy atom.